The smallest absolute Gasteiger partial charge is 0.241 e. The number of halogens is 1. The molecule has 5 heteroatoms. The number of carbonyl (C=O) groups is 1. The van der Waals surface area contributed by atoms with Gasteiger partial charge in [0.15, 0.2) is 0 Å². The first-order valence-corrected chi connectivity index (χ1v) is 5.93. The fourth-order valence-electron chi connectivity index (χ4n) is 1.91. The quantitative estimate of drug-likeness (QED) is 0.801. The normalized spacial score (nSPS) is 19.0. The van der Waals surface area contributed by atoms with E-state index in [4.69, 9.17) is 11.6 Å². The Labute approximate surface area is 99.4 Å². The molecule has 1 aliphatic carbocycles. The van der Waals surface area contributed by atoms with Gasteiger partial charge in [0.05, 0.1) is 0 Å². The molecule has 1 amide bonds. The maximum Gasteiger partial charge on any atom is 0.241 e. The second-order valence-corrected chi connectivity index (χ2v) is 4.46. The number of alkyl halides is 1. The highest BCUT2D eigenvalue weighted by atomic mass is 35.5. The summed E-state index contributed by atoms with van der Waals surface area (Å²) in [6.45, 7) is 2.23. The Balaban J connectivity index is 2.16. The number of amides is 1. The van der Waals surface area contributed by atoms with Crippen molar-refractivity contribution in [3.05, 3.63) is 17.5 Å². The molecule has 1 N–H and O–H groups in total. The van der Waals surface area contributed by atoms with E-state index in [0.717, 1.165) is 25.0 Å². The maximum absolute atomic E-state index is 11.1. The van der Waals surface area contributed by atoms with Crippen molar-refractivity contribution >= 4 is 23.5 Å². The van der Waals surface area contributed by atoms with Crippen LogP contribution in [0.15, 0.2) is 6.20 Å². The van der Waals surface area contributed by atoms with Crippen molar-refractivity contribution in [3.63, 3.8) is 0 Å². The van der Waals surface area contributed by atoms with Crippen LogP contribution in [0.5, 0.6) is 0 Å². The van der Waals surface area contributed by atoms with Gasteiger partial charge in [0.1, 0.15) is 5.88 Å². The van der Waals surface area contributed by atoms with Crippen LogP contribution in [0.25, 0.3) is 0 Å². The van der Waals surface area contributed by atoms with Gasteiger partial charge in [0.2, 0.25) is 11.9 Å². The van der Waals surface area contributed by atoms with Gasteiger partial charge in [0, 0.05) is 11.9 Å². The van der Waals surface area contributed by atoms with Crippen molar-refractivity contribution in [3.8, 4) is 0 Å². The van der Waals surface area contributed by atoms with Crippen LogP contribution in [0.4, 0.5) is 5.95 Å². The summed E-state index contributed by atoms with van der Waals surface area (Å²) in [6, 6.07) is 0. The summed E-state index contributed by atoms with van der Waals surface area (Å²) in [5, 5.41) is 2.56. The molecule has 86 valence electrons. The van der Waals surface area contributed by atoms with Crippen LogP contribution >= 0.6 is 11.6 Å². The fourth-order valence-corrected chi connectivity index (χ4v) is 1.97. The molecule has 0 spiro atoms. The van der Waals surface area contributed by atoms with Crippen LogP contribution in [0.2, 0.25) is 0 Å². The molecule has 0 fully saturated rings. The first kappa shape index (κ1) is 11.3. The van der Waals surface area contributed by atoms with Gasteiger partial charge in [-0.15, -0.1) is 11.6 Å². The summed E-state index contributed by atoms with van der Waals surface area (Å²) in [7, 11) is 0. The van der Waals surface area contributed by atoms with Crippen molar-refractivity contribution < 1.29 is 4.79 Å². The van der Waals surface area contributed by atoms with E-state index < -0.39 is 0 Å². The van der Waals surface area contributed by atoms with E-state index in [1.807, 2.05) is 6.20 Å². The topological polar surface area (TPSA) is 54.9 Å². The van der Waals surface area contributed by atoms with Crippen LogP contribution in [-0.2, 0) is 17.6 Å². The number of anilines is 1. The third-order valence-corrected chi connectivity index (χ3v) is 3.01. The molecule has 1 unspecified atom stereocenters. The summed E-state index contributed by atoms with van der Waals surface area (Å²) in [5.74, 6) is 0.710. The zero-order valence-corrected chi connectivity index (χ0v) is 9.92. The molecule has 4 nitrogen and oxygen atoms in total. The maximum atomic E-state index is 11.1. The molecular weight excluding hydrogens is 226 g/mol. The third-order valence-electron chi connectivity index (χ3n) is 2.77. The van der Waals surface area contributed by atoms with E-state index in [0.29, 0.717) is 11.9 Å². The highest BCUT2D eigenvalue weighted by Gasteiger charge is 2.17. The Hall–Kier alpha value is -1.16. The molecule has 16 heavy (non-hydrogen) atoms. The molecule has 1 aliphatic rings. The third kappa shape index (κ3) is 2.50. The van der Waals surface area contributed by atoms with Crippen molar-refractivity contribution in [1.82, 2.24) is 9.97 Å². The van der Waals surface area contributed by atoms with E-state index in [2.05, 4.69) is 22.2 Å². The fraction of sp³-hybridized carbons (Fsp3) is 0.545. The standard InChI is InChI=1S/C11H14ClN3O/c1-7-2-3-9-8(4-7)6-13-11(14-9)15-10(16)5-12/h6-7H,2-5H2,1H3,(H,13,14,15,16). The van der Waals surface area contributed by atoms with Crippen molar-refractivity contribution in [1.29, 1.82) is 0 Å². The zero-order valence-electron chi connectivity index (χ0n) is 9.16. The average Bonchev–Trinajstić information content (AvgIpc) is 2.29. The molecule has 1 aromatic heterocycles. The molecule has 0 saturated heterocycles. The lowest BCUT2D eigenvalue weighted by molar-refractivity contribution is -0.114. The molecule has 0 saturated carbocycles. The number of nitrogens with one attached hydrogen (secondary N) is 1. The first-order chi connectivity index (χ1) is 7.69. The minimum absolute atomic E-state index is 0.0719. The number of carbonyl (C=O) groups excluding carboxylic acids is 1. The Kier molecular flexibility index (Phi) is 3.39. The molecule has 1 aromatic rings. The van der Waals surface area contributed by atoms with Crippen LogP contribution < -0.4 is 5.32 Å². The molecule has 0 radical (unpaired) electrons. The van der Waals surface area contributed by atoms with Gasteiger partial charge in [-0.3, -0.25) is 10.1 Å². The van der Waals surface area contributed by atoms with Gasteiger partial charge >= 0.3 is 0 Å². The number of hydrogen-bond acceptors (Lipinski definition) is 3. The van der Waals surface area contributed by atoms with E-state index in [-0.39, 0.29) is 11.8 Å². The van der Waals surface area contributed by atoms with Gasteiger partial charge in [0.25, 0.3) is 0 Å². The SMILES string of the molecule is CC1CCc2nc(NC(=O)CCl)ncc2C1. The highest BCUT2D eigenvalue weighted by Crippen LogP contribution is 2.23. The molecular formula is C11H14ClN3O. The number of aryl methyl sites for hydroxylation is 1. The minimum Gasteiger partial charge on any atom is -0.293 e. The highest BCUT2D eigenvalue weighted by molar-refractivity contribution is 6.28. The van der Waals surface area contributed by atoms with Gasteiger partial charge < -0.3 is 0 Å². The summed E-state index contributed by atoms with van der Waals surface area (Å²) in [5.41, 5.74) is 2.25. The Morgan fingerprint density at radius 3 is 3.25 bits per heavy atom. The molecule has 1 atom stereocenters. The predicted molar refractivity (Wildman–Crippen MR) is 62.6 cm³/mol. The largest absolute Gasteiger partial charge is 0.293 e. The van der Waals surface area contributed by atoms with Gasteiger partial charge in [-0.05, 0) is 30.7 Å². The Morgan fingerprint density at radius 2 is 2.50 bits per heavy atom. The summed E-state index contributed by atoms with van der Waals surface area (Å²) in [4.78, 5) is 19.5. The molecule has 2 rings (SSSR count). The predicted octanol–water partition coefficient (Wildman–Crippen LogP) is 1.78. The van der Waals surface area contributed by atoms with E-state index in [1.54, 1.807) is 0 Å². The minimum atomic E-state index is -0.272. The Bertz CT molecular complexity index is 408. The lowest BCUT2D eigenvalue weighted by Gasteiger charge is -2.20. The van der Waals surface area contributed by atoms with E-state index in [1.165, 1.54) is 5.56 Å². The lowest BCUT2D eigenvalue weighted by Crippen LogP contribution is -2.18. The van der Waals surface area contributed by atoms with Gasteiger partial charge in [-0.1, -0.05) is 6.92 Å². The summed E-state index contributed by atoms with van der Waals surface area (Å²) in [6.07, 6.45) is 4.94. The summed E-state index contributed by atoms with van der Waals surface area (Å²) >= 11 is 5.40. The average molecular weight is 240 g/mol. The van der Waals surface area contributed by atoms with E-state index in [9.17, 15) is 4.79 Å². The molecule has 0 aliphatic heterocycles. The van der Waals surface area contributed by atoms with Crippen molar-refractivity contribution in [2.24, 2.45) is 5.92 Å². The first-order valence-electron chi connectivity index (χ1n) is 5.39. The lowest BCUT2D eigenvalue weighted by atomic mass is 9.89. The van der Waals surface area contributed by atoms with Crippen LogP contribution in [0, 0.1) is 5.92 Å². The van der Waals surface area contributed by atoms with Crippen molar-refractivity contribution in [2.75, 3.05) is 11.2 Å². The molecule has 0 aromatic carbocycles. The molecule has 0 bridgehead atoms. The Morgan fingerprint density at radius 1 is 1.69 bits per heavy atom. The van der Waals surface area contributed by atoms with Gasteiger partial charge in [-0.2, -0.15) is 0 Å². The monoisotopic (exact) mass is 239 g/mol. The second kappa shape index (κ2) is 4.78. The van der Waals surface area contributed by atoms with Crippen molar-refractivity contribution in [2.45, 2.75) is 26.2 Å². The number of hydrogen-bond donors (Lipinski definition) is 1. The van der Waals surface area contributed by atoms with Gasteiger partial charge in [-0.25, -0.2) is 9.97 Å². The van der Waals surface area contributed by atoms with Crippen LogP contribution in [0.1, 0.15) is 24.6 Å². The van der Waals surface area contributed by atoms with Crippen LogP contribution in [-0.4, -0.2) is 21.8 Å². The number of rotatable bonds is 2. The zero-order chi connectivity index (χ0) is 11.5. The summed E-state index contributed by atoms with van der Waals surface area (Å²) < 4.78 is 0. The van der Waals surface area contributed by atoms with E-state index >= 15 is 0 Å². The number of nitrogens with zero attached hydrogens (tertiary/aromatic N) is 2. The number of aromatic nitrogens is 2. The number of fused-ring (bicyclic) bond motifs is 1. The molecule has 1 heterocycles. The second-order valence-electron chi connectivity index (χ2n) is 4.20. The van der Waals surface area contributed by atoms with Crippen LogP contribution in [0.3, 0.4) is 0 Å².